The van der Waals surface area contributed by atoms with E-state index >= 15 is 0 Å². The molecule has 2 N–H and O–H groups in total. The van der Waals surface area contributed by atoms with E-state index in [1.165, 1.54) is 11.6 Å². The van der Waals surface area contributed by atoms with E-state index in [1.54, 1.807) is 24.0 Å². The summed E-state index contributed by atoms with van der Waals surface area (Å²) in [6.45, 7) is 2.24. The minimum Gasteiger partial charge on any atom is -0.395 e. The van der Waals surface area contributed by atoms with Crippen LogP contribution in [0.15, 0.2) is 42.5 Å². The second-order valence-electron chi connectivity index (χ2n) is 6.41. The molecule has 132 valence electrons. The fraction of sp³-hybridized carbons (Fsp3) is 0.350. The maximum atomic E-state index is 13.3. The lowest BCUT2D eigenvalue weighted by molar-refractivity contribution is 0.151. The lowest BCUT2D eigenvalue weighted by Crippen LogP contribution is -2.43. The van der Waals surface area contributed by atoms with Crippen molar-refractivity contribution in [3.63, 3.8) is 0 Å². The molecular weight excluding hydrogens is 319 g/mol. The summed E-state index contributed by atoms with van der Waals surface area (Å²) in [7, 11) is 0. The van der Waals surface area contributed by atoms with Gasteiger partial charge in [0.1, 0.15) is 5.82 Å². The molecule has 0 aliphatic heterocycles. The van der Waals surface area contributed by atoms with Gasteiger partial charge in [-0.1, -0.05) is 36.4 Å². The topological polar surface area (TPSA) is 52.6 Å². The number of amides is 2. The van der Waals surface area contributed by atoms with Gasteiger partial charge in [0.05, 0.1) is 12.6 Å². The number of carbonyl (C=O) groups is 1. The van der Waals surface area contributed by atoms with Crippen molar-refractivity contribution in [3.05, 3.63) is 70.5 Å². The number of benzene rings is 2. The third-order valence-corrected chi connectivity index (χ3v) is 4.75. The summed E-state index contributed by atoms with van der Waals surface area (Å²) in [6.07, 6.45) is 1.80. The van der Waals surface area contributed by atoms with E-state index in [4.69, 9.17) is 0 Å². The Balaban J connectivity index is 1.70. The number of aliphatic hydroxyl groups is 1. The third kappa shape index (κ3) is 3.82. The molecule has 0 saturated heterocycles. The molecule has 0 fully saturated rings. The zero-order chi connectivity index (χ0) is 17.8. The maximum Gasteiger partial charge on any atom is 0.318 e. The maximum absolute atomic E-state index is 13.3. The highest BCUT2D eigenvalue weighted by atomic mass is 19.1. The molecule has 0 radical (unpaired) electrons. The van der Waals surface area contributed by atoms with Crippen molar-refractivity contribution in [2.45, 2.75) is 32.4 Å². The number of nitrogens with one attached hydrogen (secondary N) is 1. The van der Waals surface area contributed by atoms with Crippen LogP contribution in [0.3, 0.4) is 0 Å². The van der Waals surface area contributed by atoms with Gasteiger partial charge in [-0.3, -0.25) is 0 Å². The van der Waals surface area contributed by atoms with Crippen molar-refractivity contribution in [1.29, 1.82) is 0 Å². The normalized spacial score (nSPS) is 15.7. The SMILES string of the molecule is Cc1cc(CNC(=O)N(CCO)C2CCc3ccccc32)ccc1F. The van der Waals surface area contributed by atoms with Crippen LogP contribution in [0.25, 0.3) is 0 Å². The fourth-order valence-electron chi connectivity index (χ4n) is 3.46. The average Bonchev–Trinajstić information content (AvgIpc) is 3.04. The van der Waals surface area contributed by atoms with E-state index in [9.17, 15) is 14.3 Å². The number of carbonyl (C=O) groups excluding carboxylic acids is 1. The zero-order valence-electron chi connectivity index (χ0n) is 14.3. The van der Waals surface area contributed by atoms with E-state index in [0.29, 0.717) is 12.1 Å². The minimum atomic E-state index is -0.250. The van der Waals surface area contributed by atoms with E-state index in [-0.39, 0.29) is 31.0 Å². The van der Waals surface area contributed by atoms with Crippen molar-refractivity contribution in [2.24, 2.45) is 0 Å². The molecule has 0 bridgehead atoms. The number of hydrogen-bond acceptors (Lipinski definition) is 2. The molecule has 2 aromatic carbocycles. The summed E-state index contributed by atoms with van der Waals surface area (Å²) in [5.74, 6) is -0.250. The third-order valence-electron chi connectivity index (χ3n) is 4.75. The Hall–Kier alpha value is -2.40. The molecule has 3 rings (SSSR count). The van der Waals surface area contributed by atoms with E-state index in [0.717, 1.165) is 24.0 Å². The Kier molecular flexibility index (Phi) is 5.34. The summed E-state index contributed by atoms with van der Waals surface area (Å²) < 4.78 is 13.3. The monoisotopic (exact) mass is 342 g/mol. The number of aryl methyl sites for hydroxylation is 2. The summed E-state index contributed by atoms with van der Waals surface area (Å²) in [4.78, 5) is 14.4. The van der Waals surface area contributed by atoms with Gasteiger partial charge in [-0.2, -0.15) is 0 Å². The number of hydrogen-bond donors (Lipinski definition) is 2. The second-order valence-corrected chi connectivity index (χ2v) is 6.41. The van der Waals surface area contributed by atoms with Gasteiger partial charge in [-0.05, 0) is 48.1 Å². The number of halogens is 1. The lowest BCUT2D eigenvalue weighted by Gasteiger charge is -2.29. The molecule has 2 amide bonds. The minimum absolute atomic E-state index is 0.0155. The van der Waals surface area contributed by atoms with Crippen LogP contribution in [-0.2, 0) is 13.0 Å². The van der Waals surface area contributed by atoms with Crippen molar-refractivity contribution in [1.82, 2.24) is 10.2 Å². The van der Waals surface area contributed by atoms with Gasteiger partial charge in [-0.25, -0.2) is 9.18 Å². The van der Waals surface area contributed by atoms with Gasteiger partial charge in [-0.15, -0.1) is 0 Å². The summed E-state index contributed by atoms with van der Waals surface area (Å²) in [5.41, 5.74) is 3.83. The summed E-state index contributed by atoms with van der Waals surface area (Å²) in [5, 5.41) is 12.3. The van der Waals surface area contributed by atoms with Crippen LogP contribution >= 0.6 is 0 Å². The molecule has 4 nitrogen and oxygen atoms in total. The molecule has 0 spiro atoms. The predicted molar refractivity (Wildman–Crippen MR) is 94.7 cm³/mol. The molecular formula is C20H23FN2O2. The van der Waals surface area contributed by atoms with Crippen LogP contribution in [0.5, 0.6) is 0 Å². The molecule has 25 heavy (non-hydrogen) atoms. The molecule has 0 saturated carbocycles. The molecule has 5 heteroatoms. The van der Waals surface area contributed by atoms with Crippen LogP contribution in [0, 0.1) is 12.7 Å². The van der Waals surface area contributed by atoms with Crippen molar-refractivity contribution >= 4 is 6.03 Å². The molecule has 2 aromatic rings. The van der Waals surface area contributed by atoms with Crippen LogP contribution in [0.1, 0.15) is 34.7 Å². The molecule has 0 aromatic heterocycles. The number of nitrogens with zero attached hydrogens (tertiary/aromatic N) is 1. The highest BCUT2D eigenvalue weighted by molar-refractivity contribution is 5.75. The average molecular weight is 342 g/mol. The van der Waals surface area contributed by atoms with Crippen LogP contribution in [0.4, 0.5) is 9.18 Å². The zero-order valence-corrected chi connectivity index (χ0v) is 14.3. The smallest absolute Gasteiger partial charge is 0.318 e. The van der Waals surface area contributed by atoms with Gasteiger partial charge in [0.2, 0.25) is 0 Å². The van der Waals surface area contributed by atoms with E-state index in [2.05, 4.69) is 11.4 Å². The first-order valence-electron chi connectivity index (χ1n) is 8.58. The van der Waals surface area contributed by atoms with Crippen molar-refractivity contribution < 1.29 is 14.3 Å². The largest absolute Gasteiger partial charge is 0.395 e. The first kappa shape index (κ1) is 17.4. The van der Waals surface area contributed by atoms with Crippen LogP contribution in [0.2, 0.25) is 0 Å². The van der Waals surface area contributed by atoms with Gasteiger partial charge in [0.15, 0.2) is 0 Å². The first-order chi connectivity index (χ1) is 12.1. The number of urea groups is 1. The molecule has 1 unspecified atom stereocenters. The molecule has 1 aliphatic carbocycles. The molecule has 1 atom stereocenters. The standard InChI is InChI=1S/C20H23FN2O2/c1-14-12-15(6-8-18(14)21)13-22-20(25)23(10-11-24)19-9-7-16-4-2-3-5-17(16)19/h2-6,8,12,19,24H,7,9-11,13H2,1H3,(H,22,25). The van der Waals surface area contributed by atoms with Gasteiger partial charge in [0, 0.05) is 13.1 Å². The Morgan fingerprint density at radius 3 is 2.88 bits per heavy atom. The van der Waals surface area contributed by atoms with E-state index in [1.807, 2.05) is 18.2 Å². The lowest BCUT2D eigenvalue weighted by atomic mass is 10.1. The quantitative estimate of drug-likeness (QED) is 0.876. The molecule has 0 heterocycles. The summed E-state index contributed by atoms with van der Waals surface area (Å²) >= 11 is 0. The Bertz CT molecular complexity index is 763. The Morgan fingerprint density at radius 1 is 1.32 bits per heavy atom. The van der Waals surface area contributed by atoms with Gasteiger partial charge < -0.3 is 15.3 Å². The number of rotatable bonds is 5. The first-order valence-corrected chi connectivity index (χ1v) is 8.58. The van der Waals surface area contributed by atoms with Crippen LogP contribution < -0.4 is 5.32 Å². The van der Waals surface area contributed by atoms with Gasteiger partial charge in [0.25, 0.3) is 0 Å². The van der Waals surface area contributed by atoms with Crippen molar-refractivity contribution in [2.75, 3.05) is 13.2 Å². The number of fused-ring (bicyclic) bond motifs is 1. The van der Waals surface area contributed by atoms with Gasteiger partial charge >= 0.3 is 6.03 Å². The second kappa shape index (κ2) is 7.66. The fourth-order valence-corrected chi connectivity index (χ4v) is 3.46. The molecule has 1 aliphatic rings. The Morgan fingerprint density at radius 2 is 2.12 bits per heavy atom. The van der Waals surface area contributed by atoms with Crippen molar-refractivity contribution in [3.8, 4) is 0 Å². The number of aliphatic hydroxyl groups excluding tert-OH is 1. The van der Waals surface area contributed by atoms with E-state index < -0.39 is 0 Å². The Labute approximate surface area is 147 Å². The van der Waals surface area contributed by atoms with Crippen LogP contribution in [-0.4, -0.2) is 29.2 Å². The summed E-state index contributed by atoms with van der Waals surface area (Å²) in [6, 6.07) is 12.7. The predicted octanol–water partition coefficient (Wildman–Crippen LogP) is 3.33. The highest BCUT2D eigenvalue weighted by Gasteiger charge is 2.30. The highest BCUT2D eigenvalue weighted by Crippen LogP contribution is 2.35.